The molecule has 0 saturated heterocycles. The molecule has 4 rings (SSSR count). The Morgan fingerprint density at radius 2 is 1.88 bits per heavy atom. The van der Waals surface area contributed by atoms with Crippen LogP contribution in [0.1, 0.15) is 33.3 Å². The fourth-order valence-electron chi connectivity index (χ4n) is 3.11. The van der Waals surface area contributed by atoms with Gasteiger partial charge in [-0.05, 0) is 49.3 Å². The van der Waals surface area contributed by atoms with Gasteiger partial charge in [0.05, 0.1) is 6.61 Å². The van der Waals surface area contributed by atoms with Gasteiger partial charge in [0.15, 0.2) is 17.3 Å². The molecule has 1 aliphatic heterocycles. The van der Waals surface area contributed by atoms with Gasteiger partial charge in [-0.25, -0.2) is 9.98 Å². The molecule has 0 spiro atoms. The predicted molar refractivity (Wildman–Crippen MR) is 142 cm³/mol. The lowest BCUT2D eigenvalue weighted by Gasteiger charge is -2.37. The summed E-state index contributed by atoms with van der Waals surface area (Å²) in [6.45, 7) is 13.5. The Hall–Kier alpha value is -2.91. The first-order valence-electron chi connectivity index (χ1n) is 11.2. The van der Waals surface area contributed by atoms with Gasteiger partial charge in [-0.3, -0.25) is 0 Å². The third-order valence-corrected chi connectivity index (χ3v) is 10.8. The topological polar surface area (TPSA) is 77.9 Å². The predicted octanol–water partition coefficient (Wildman–Crippen LogP) is 7.62. The molecular formula is C25H29BrN4O3Si. The monoisotopic (exact) mass is 540 g/mol. The SMILES string of the molecule is CCOc1cc2c(cc1O[Si](C)(C)C(C)(C)C)C=Nc1c(Nc3cccc(Br)c3)ncnc1O2. The highest BCUT2D eigenvalue weighted by molar-refractivity contribution is 9.10. The van der Waals surface area contributed by atoms with Gasteiger partial charge in [0.1, 0.15) is 17.8 Å². The highest BCUT2D eigenvalue weighted by atomic mass is 79.9. The summed E-state index contributed by atoms with van der Waals surface area (Å²) in [5, 5.41) is 3.35. The number of fused-ring (bicyclic) bond motifs is 2. The first kappa shape index (κ1) is 24.2. The molecular weight excluding hydrogens is 512 g/mol. The van der Waals surface area contributed by atoms with Crippen molar-refractivity contribution in [2.24, 2.45) is 4.99 Å². The zero-order valence-electron chi connectivity index (χ0n) is 20.3. The van der Waals surface area contributed by atoms with Crippen molar-refractivity contribution in [1.82, 2.24) is 9.97 Å². The lowest BCUT2D eigenvalue weighted by Crippen LogP contribution is -2.44. The molecule has 1 aliphatic rings. The lowest BCUT2D eigenvalue weighted by molar-refractivity contribution is 0.322. The Balaban J connectivity index is 1.72. The van der Waals surface area contributed by atoms with Crippen molar-refractivity contribution >= 4 is 47.7 Å². The Kier molecular flexibility index (Phi) is 6.68. The number of halogens is 1. The number of rotatable bonds is 6. The summed E-state index contributed by atoms with van der Waals surface area (Å²) >= 11 is 3.49. The largest absolute Gasteiger partial charge is 0.541 e. The van der Waals surface area contributed by atoms with Crippen LogP contribution in [0.3, 0.4) is 0 Å². The third kappa shape index (κ3) is 5.10. The molecule has 0 amide bonds. The van der Waals surface area contributed by atoms with Crippen LogP contribution in [-0.4, -0.2) is 31.1 Å². The maximum absolute atomic E-state index is 6.60. The quantitative estimate of drug-likeness (QED) is 0.253. The Morgan fingerprint density at radius 1 is 1.09 bits per heavy atom. The van der Waals surface area contributed by atoms with E-state index < -0.39 is 8.32 Å². The summed E-state index contributed by atoms with van der Waals surface area (Å²) in [7, 11) is -2.09. The standard InChI is InChI=1S/C25H29BrN4O3Si/c1-7-31-20-13-19-16(11-21(20)33-34(5,6)25(2,3)4)14-27-22-23(28-15-29-24(22)32-19)30-18-10-8-9-17(26)12-18/h8-15H,7H2,1-6H3,(H,28,29,30). The van der Waals surface area contributed by atoms with Crippen LogP contribution in [0, 0.1) is 0 Å². The van der Waals surface area contributed by atoms with Gasteiger partial charge >= 0.3 is 0 Å². The summed E-state index contributed by atoms with van der Waals surface area (Å²) < 4.78 is 19.7. The van der Waals surface area contributed by atoms with Gasteiger partial charge < -0.3 is 19.2 Å². The van der Waals surface area contributed by atoms with Crippen LogP contribution in [0.2, 0.25) is 18.1 Å². The van der Waals surface area contributed by atoms with Crippen LogP contribution >= 0.6 is 15.9 Å². The number of hydrogen-bond donors (Lipinski definition) is 1. The summed E-state index contributed by atoms with van der Waals surface area (Å²) in [5.74, 6) is 2.86. The van der Waals surface area contributed by atoms with E-state index in [4.69, 9.17) is 13.9 Å². The second kappa shape index (κ2) is 9.38. The zero-order valence-corrected chi connectivity index (χ0v) is 22.9. The molecule has 0 atom stereocenters. The number of aromatic nitrogens is 2. The molecule has 3 aromatic rings. The minimum absolute atomic E-state index is 0.0483. The van der Waals surface area contributed by atoms with Crippen LogP contribution < -0.4 is 19.2 Å². The smallest absolute Gasteiger partial charge is 0.250 e. The van der Waals surface area contributed by atoms with E-state index in [1.165, 1.54) is 6.33 Å². The Bertz CT molecular complexity index is 1240. The van der Waals surface area contributed by atoms with E-state index in [1.54, 1.807) is 6.21 Å². The number of nitrogens with one attached hydrogen (secondary N) is 1. The van der Waals surface area contributed by atoms with Crippen molar-refractivity contribution in [3.63, 3.8) is 0 Å². The molecule has 0 bridgehead atoms. The number of aliphatic imine (C=N–C) groups is 1. The number of ether oxygens (including phenoxy) is 2. The van der Waals surface area contributed by atoms with Gasteiger partial charge in [0.25, 0.3) is 14.2 Å². The molecule has 2 heterocycles. The molecule has 7 nitrogen and oxygen atoms in total. The van der Waals surface area contributed by atoms with E-state index in [0.29, 0.717) is 41.2 Å². The zero-order chi connectivity index (χ0) is 24.5. The van der Waals surface area contributed by atoms with Gasteiger partial charge in [-0.15, -0.1) is 0 Å². The first-order chi connectivity index (χ1) is 16.1. The minimum Gasteiger partial charge on any atom is -0.541 e. The van der Waals surface area contributed by atoms with Crippen LogP contribution in [-0.2, 0) is 0 Å². The second-order valence-corrected chi connectivity index (χ2v) is 15.1. The van der Waals surface area contributed by atoms with Crippen molar-refractivity contribution in [3.05, 3.63) is 52.8 Å². The van der Waals surface area contributed by atoms with Crippen molar-refractivity contribution in [3.8, 4) is 23.1 Å². The summed E-state index contributed by atoms with van der Waals surface area (Å²) in [5.41, 5.74) is 2.17. The van der Waals surface area contributed by atoms with Crippen molar-refractivity contribution in [2.75, 3.05) is 11.9 Å². The van der Waals surface area contributed by atoms with Crippen LogP contribution in [0.15, 0.2) is 52.2 Å². The van der Waals surface area contributed by atoms with Gasteiger partial charge in [0, 0.05) is 28.0 Å². The second-order valence-electron chi connectivity index (χ2n) is 9.50. The van der Waals surface area contributed by atoms with E-state index in [1.807, 2.05) is 43.3 Å². The third-order valence-electron chi connectivity index (χ3n) is 5.96. The number of anilines is 2. The van der Waals surface area contributed by atoms with E-state index in [2.05, 4.69) is 70.1 Å². The number of benzene rings is 2. The Morgan fingerprint density at radius 3 is 2.59 bits per heavy atom. The maximum Gasteiger partial charge on any atom is 0.250 e. The average Bonchev–Trinajstić information content (AvgIpc) is 2.93. The van der Waals surface area contributed by atoms with Crippen LogP contribution in [0.25, 0.3) is 0 Å². The number of nitrogens with zero attached hydrogens (tertiary/aromatic N) is 3. The molecule has 0 radical (unpaired) electrons. The van der Waals surface area contributed by atoms with Crippen molar-refractivity contribution in [2.45, 2.75) is 45.8 Å². The molecule has 34 heavy (non-hydrogen) atoms. The molecule has 178 valence electrons. The van der Waals surface area contributed by atoms with Crippen LogP contribution in [0.4, 0.5) is 17.2 Å². The lowest BCUT2D eigenvalue weighted by atomic mass is 10.2. The summed E-state index contributed by atoms with van der Waals surface area (Å²) in [4.78, 5) is 13.4. The number of hydrogen-bond acceptors (Lipinski definition) is 7. The average molecular weight is 542 g/mol. The molecule has 1 N–H and O–H groups in total. The Labute approximate surface area is 209 Å². The molecule has 2 aromatic carbocycles. The highest BCUT2D eigenvalue weighted by Gasteiger charge is 2.39. The molecule has 0 saturated carbocycles. The van der Waals surface area contributed by atoms with E-state index in [-0.39, 0.29) is 5.04 Å². The van der Waals surface area contributed by atoms with Crippen LogP contribution in [0.5, 0.6) is 23.1 Å². The summed E-state index contributed by atoms with van der Waals surface area (Å²) in [6, 6.07) is 11.6. The minimum atomic E-state index is -2.09. The van der Waals surface area contributed by atoms with Gasteiger partial charge in [-0.2, -0.15) is 4.98 Å². The molecule has 0 fully saturated rings. The maximum atomic E-state index is 6.60. The molecule has 9 heteroatoms. The van der Waals surface area contributed by atoms with E-state index in [0.717, 1.165) is 15.7 Å². The summed E-state index contributed by atoms with van der Waals surface area (Å²) in [6.07, 6.45) is 3.21. The highest BCUT2D eigenvalue weighted by Crippen LogP contribution is 2.45. The molecule has 0 unspecified atom stereocenters. The fourth-order valence-corrected chi connectivity index (χ4v) is 4.52. The normalized spacial score (nSPS) is 12.8. The van der Waals surface area contributed by atoms with Gasteiger partial charge in [-0.1, -0.05) is 42.8 Å². The first-order valence-corrected chi connectivity index (χ1v) is 14.9. The molecule has 1 aromatic heterocycles. The van der Waals surface area contributed by atoms with Gasteiger partial charge in [0.2, 0.25) is 0 Å². The van der Waals surface area contributed by atoms with E-state index >= 15 is 0 Å². The van der Waals surface area contributed by atoms with Crippen molar-refractivity contribution in [1.29, 1.82) is 0 Å². The fraction of sp³-hybridized carbons (Fsp3) is 0.320. The van der Waals surface area contributed by atoms with E-state index in [9.17, 15) is 0 Å². The molecule has 0 aliphatic carbocycles. The van der Waals surface area contributed by atoms with Crippen molar-refractivity contribution < 1.29 is 13.9 Å².